The van der Waals surface area contributed by atoms with Crippen molar-refractivity contribution in [3.8, 4) is 0 Å². The topological polar surface area (TPSA) is 67.2 Å². The SMILES string of the molecule is Cc1cccn2c(=O)c(C=C3SC(=S)N(C4CCCC4)C3=O)c(N3CC(C)OC(C)C3)nc12. The van der Waals surface area contributed by atoms with E-state index in [-0.39, 0.29) is 29.7 Å². The number of aromatic nitrogens is 2. The van der Waals surface area contributed by atoms with E-state index in [1.54, 1.807) is 21.6 Å². The monoisotopic (exact) mass is 484 g/mol. The Morgan fingerprint density at radius 1 is 1.18 bits per heavy atom. The third-order valence-electron chi connectivity index (χ3n) is 6.57. The van der Waals surface area contributed by atoms with Crippen molar-refractivity contribution >= 4 is 51.7 Å². The van der Waals surface area contributed by atoms with Crippen molar-refractivity contribution in [1.29, 1.82) is 0 Å². The molecule has 1 aliphatic carbocycles. The van der Waals surface area contributed by atoms with Gasteiger partial charge in [0.15, 0.2) is 0 Å². The fourth-order valence-corrected chi connectivity index (χ4v) is 6.49. The highest BCUT2D eigenvalue weighted by molar-refractivity contribution is 8.26. The van der Waals surface area contributed by atoms with Gasteiger partial charge in [-0.25, -0.2) is 4.98 Å². The normalized spacial score (nSPS) is 25.7. The summed E-state index contributed by atoms with van der Waals surface area (Å²) in [5, 5.41) is 0. The van der Waals surface area contributed by atoms with Gasteiger partial charge in [-0.1, -0.05) is 42.9 Å². The first-order valence-electron chi connectivity index (χ1n) is 11.5. The van der Waals surface area contributed by atoms with E-state index in [2.05, 4.69) is 4.90 Å². The van der Waals surface area contributed by atoms with Crippen LogP contribution in [0.1, 0.15) is 50.7 Å². The van der Waals surface area contributed by atoms with E-state index in [4.69, 9.17) is 21.9 Å². The molecular weight excluding hydrogens is 456 g/mol. The Kier molecular flexibility index (Phi) is 6.05. The quantitative estimate of drug-likeness (QED) is 0.485. The lowest BCUT2D eigenvalue weighted by Crippen LogP contribution is -2.46. The van der Waals surface area contributed by atoms with Crippen molar-refractivity contribution in [2.45, 2.75) is 64.7 Å². The van der Waals surface area contributed by atoms with E-state index in [0.717, 1.165) is 31.2 Å². The summed E-state index contributed by atoms with van der Waals surface area (Å²) in [6.07, 6.45) is 7.66. The first kappa shape index (κ1) is 22.6. The molecule has 2 atom stereocenters. The molecule has 2 unspecified atom stereocenters. The summed E-state index contributed by atoms with van der Waals surface area (Å²) >= 11 is 6.85. The van der Waals surface area contributed by atoms with Crippen LogP contribution >= 0.6 is 24.0 Å². The van der Waals surface area contributed by atoms with Crippen LogP contribution in [0.4, 0.5) is 5.82 Å². The van der Waals surface area contributed by atoms with Gasteiger partial charge in [0.2, 0.25) is 0 Å². The van der Waals surface area contributed by atoms with Gasteiger partial charge in [-0.2, -0.15) is 0 Å². The Morgan fingerprint density at radius 2 is 1.88 bits per heavy atom. The van der Waals surface area contributed by atoms with Gasteiger partial charge in [0.25, 0.3) is 11.5 Å². The van der Waals surface area contributed by atoms with Crippen molar-refractivity contribution in [2.24, 2.45) is 0 Å². The summed E-state index contributed by atoms with van der Waals surface area (Å²) in [6, 6.07) is 3.96. The van der Waals surface area contributed by atoms with Crippen molar-refractivity contribution in [1.82, 2.24) is 14.3 Å². The molecule has 2 saturated heterocycles. The van der Waals surface area contributed by atoms with Crippen molar-refractivity contribution in [2.75, 3.05) is 18.0 Å². The van der Waals surface area contributed by atoms with Crippen molar-refractivity contribution in [3.63, 3.8) is 0 Å². The van der Waals surface area contributed by atoms with E-state index in [0.29, 0.717) is 39.3 Å². The molecule has 3 fully saturated rings. The molecule has 1 saturated carbocycles. The highest BCUT2D eigenvalue weighted by Crippen LogP contribution is 2.38. The van der Waals surface area contributed by atoms with E-state index in [1.165, 1.54) is 11.8 Å². The van der Waals surface area contributed by atoms with E-state index in [1.807, 2.05) is 32.9 Å². The van der Waals surface area contributed by atoms with E-state index < -0.39 is 0 Å². The molecule has 3 aliphatic rings. The number of anilines is 1. The third kappa shape index (κ3) is 4.11. The van der Waals surface area contributed by atoms with Gasteiger partial charge in [0.05, 0.1) is 22.7 Å². The Bertz CT molecular complexity index is 1210. The number of hydrogen-bond acceptors (Lipinski definition) is 7. The maximum Gasteiger partial charge on any atom is 0.267 e. The second-order valence-corrected chi connectivity index (χ2v) is 10.9. The number of nitrogens with zero attached hydrogens (tertiary/aromatic N) is 4. The number of aryl methyl sites for hydroxylation is 1. The third-order valence-corrected chi connectivity index (χ3v) is 7.90. The highest BCUT2D eigenvalue weighted by Gasteiger charge is 2.38. The second-order valence-electron chi connectivity index (χ2n) is 9.19. The van der Waals surface area contributed by atoms with Crippen LogP contribution in [0.15, 0.2) is 28.0 Å². The minimum atomic E-state index is -0.184. The number of carbonyl (C=O) groups excluding carboxylic acids is 1. The molecule has 7 nitrogen and oxygen atoms in total. The predicted octanol–water partition coefficient (Wildman–Crippen LogP) is 3.76. The van der Waals surface area contributed by atoms with Gasteiger partial charge in [-0.15, -0.1) is 0 Å². The number of thioether (sulfide) groups is 1. The summed E-state index contributed by atoms with van der Waals surface area (Å²) in [6.45, 7) is 7.25. The molecule has 0 aromatic carbocycles. The van der Waals surface area contributed by atoms with Gasteiger partial charge < -0.3 is 9.64 Å². The number of thiocarbonyl (C=S) groups is 1. The summed E-state index contributed by atoms with van der Waals surface area (Å²) in [5.74, 6) is 0.503. The molecule has 0 bridgehead atoms. The smallest absolute Gasteiger partial charge is 0.267 e. The predicted molar refractivity (Wildman–Crippen MR) is 136 cm³/mol. The molecule has 4 heterocycles. The van der Waals surface area contributed by atoms with E-state index >= 15 is 0 Å². The van der Waals surface area contributed by atoms with Crippen LogP contribution in [0.5, 0.6) is 0 Å². The molecule has 1 amide bonds. The van der Waals surface area contributed by atoms with Gasteiger partial charge in [-0.05, 0) is 51.3 Å². The van der Waals surface area contributed by atoms with E-state index in [9.17, 15) is 9.59 Å². The lowest BCUT2D eigenvalue weighted by molar-refractivity contribution is -0.123. The average molecular weight is 485 g/mol. The van der Waals surface area contributed by atoms with Gasteiger partial charge >= 0.3 is 0 Å². The zero-order valence-electron chi connectivity index (χ0n) is 19.1. The maximum atomic E-state index is 13.7. The molecule has 0 N–H and O–H groups in total. The summed E-state index contributed by atoms with van der Waals surface area (Å²) in [7, 11) is 0. The summed E-state index contributed by atoms with van der Waals surface area (Å²) < 4.78 is 8.05. The van der Waals surface area contributed by atoms with Gasteiger partial charge in [0, 0.05) is 25.3 Å². The molecular formula is C24H28N4O3S2. The van der Waals surface area contributed by atoms with Crippen LogP contribution in [-0.4, -0.2) is 55.9 Å². The summed E-state index contributed by atoms with van der Waals surface area (Å²) in [5.41, 5.74) is 1.78. The Morgan fingerprint density at radius 3 is 2.58 bits per heavy atom. The van der Waals surface area contributed by atoms with Crippen LogP contribution < -0.4 is 10.5 Å². The highest BCUT2D eigenvalue weighted by atomic mass is 32.2. The number of carbonyl (C=O) groups is 1. The Balaban J connectivity index is 1.64. The van der Waals surface area contributed by atoms with Crippen LogP contribution in [-0.2, 0) is 9.53 Å². The molecule has 2 aliphatic heterocycles. The second kappa shape index (κ2) is 8.85. The molecule has 2 aromatic heterocycles. The molecule has 2 aromatic rings. The van der Waals surface area contributed by atoms with Gasteiger partial charge in [-0.3, -0.25) is 18.9 Å². The van der Waals surface area contributed by atoms with Crippen LogP contribution in [0.2, 0.25) is 0 Å². The van der Waals surface area contributed by atoms with Crippen LogP contribution in [0, 0.1) is 6.92 Å². The number of pyridine rings is 1. The molecule has 33 heavy (non-hydrogen) atoms. The molecule has 9 heteroatoms. The number of morpholine rings is 1. The average Bonchev–Trinajstić information content (AvgIpc) is 3.37. The first-order chi connectivity index (χ1) is 15.8. The molecule has 5 rings (SSSR count). The first-order valence-corrected chi connectivity index (χ1v) is 12.8. The standard InChI is InChI=1S/C24H28N4O3S2/c1-14-7-6-10-27-20(14)25-21(26-12-15(2)31-16(3)13-26)18(22(27)29)11-19-23(30)28(24(32)33-19)17-8-4-5-9-17/h6-7,10-11,15-17H,4-5,8-9,12-13H2,1-3H3. The number of ether oxygens (including phenoxy) is 1. The zero-order valence-corrected chi connectivity index (χ0v) is 20.7. The Labute approximate surface area is 202 Å². The minimum Gasteiger partial charge on any atom is -0.372 e. The van der Waals surface area contributed by atoms with Gasteiger partial charge in [0.1, 0.15) is 15.8 Å². The Hall–Kier alpha value is -2.23. The minimum absolute atomic E-state index is 0.0132. The fraction of sp³-hybridized carbons (Fsp3) is 0.500. The number of amides is 1. The summed E-state index contributed by atoms with van der Waals surface area (Å²) in [4.78, 5) is 36.3. The van der Waals surface area contributed by atoms with Crippen molar-refractivity contribution < 1.29 is 9.53 Å². The molecule has 0 radical (unpaired) electrons. The lowest BCUT2D eigenvalue weighted by atomic mass is 10.1. The maximum absolute atomic E-state index is 13.7. The van der Waals surface area contributed by atoms with Crippen LogP contribution in [0.3, 0.4) is 0 Å². The lowest BCUT2D eigenvalue weighted by Gasteiger charge is -2.36. The number of hydrogen-bond donors (Lipinski definition) is 0. The molecule has 0 spiro atoms. The fourth-order valence-electron chi connectivity index (χ4n) is 5.11. The largest absolute Gasteiger partial charge is 0.372 e. The number of fused-ring (bicyclic) bond motifs is 1. The number of rotatable bonds is 3. The van der Waals surface area contributed by atoms with Crippen LogP contribution in [0.25, 0.3) is 11.7 Å². The molecule has 174 valence electrons. The van der Waals surface area contributed by atoms with Crippen molar-refractivity contribution in [3.05, 3.63) is 44.7 Å². The zero-order chi connectivity index (χ0) is 23.3.